The molecule has 0 radical (unpaired) electrons. The van der Waals surface area contributed by atoms with Crippen molar-refractivity contribution in [2.24, 2.45) is 5.92 Å². The lowest BCUT2D eigenvalue weighted by atomic mass is 10.1. The van der Waals surface area contributed by atoms with Gasteiger partial charge in [0.25, 0.3) is 0 Å². The Morgan fingerprint density at radius 2 is 2.20 bits per heavy atom. The highest BCUT2D eigenvalue weighted by atomic mass is 19.1. The Bertz CT molecular complexity index is 434. The topological polar surface area (TPSA) is 24.5 Å². The van der Waals surface area contributed by atoms with Crippen LogP contribution < -0.4 is 10.2 Å². The fourth-order valence-corrected chi connectivity index (χ4v) is 2.13. The highest BCUT2D eigenvalue weighted by molar-refractivity contribution is 5.48. The lowest BCUT2D eigenvalue weighted by Gasteiger charge is -2.21. The largest absolute Gasteiger partial charge is 0.379 e. The molecule has 4 heteroatoms. The Morgan fingerprint density at radius 1 is 1.45 bits per heavy atom. The third kappa shape index (κ3) is 4.18. The van der Waals surface area contributed by atoms with E-state index in [-0.39, 0.29) is 11.9 Å². The van der Waals surface area contributed by atoms with Crippen molar-refractivity contribution in [2.45, 2.75) is 25.8 Å². The standard InChI is InChI=1S/C16H25FN2O/c1-12(18-2)14-6-7-16(15(17)10-14)19(3)8-9-20-11-13-4-5-13/h6-7,10,12-13,18H,4-5,8-9,11H2,1-3H3. The van der Waals surface area contributed by atoms with Gasteiger partial charge in [-0.05, 0) is 50.4 Å². The van der Waals surface area contributed by atoms with Gasteiger partial charge in [0.1, 0.15) is 5.82 Å². The summed E-state index contributed by atoms with van der Waals surface area (Å²) < 4.78 is 19.7. The number of anilines is 1. The van der Waals surface area contributed by atoms with Crippen molar-refractivity contribution in [1.82, 2.24) is 5.32 Å². The van der Waals surface area contributed by atoms with E-state index in [1.807, 2.05) is 38.1 Å². The van der Waals surface area contributed by atoms with Gasteiger partial charge < -0.3 is 15.0 Å². The third-order valence-corrected chi connectivity index (χ3v) is 3.94. The van der Waals surface area contributed by atoms with Crippen LogP contribution in [0.3, 0.4) is 0 Å². The Morgan fingerprint density at radius 3 is 2.80 bits per heavy atom. The van der Waals surface area contributed by atoms with Crippen LogP contribution in [0.5, 0.6) is 0 Å². The van der Waals surface area contributed by atoms with E-state index in [1.165, 1.54) is 12.8 Å². The summed E-state index contributed by atoms with van der Waals surface area (Å²) in [6, 6.07) is 5.59. The summed E-state index contributed by atoms with van der Waals surface area (Å²) in [6.07, 6.45) is 2.60. The number of ether oxygens (including phenoxy) is 1. The average Bonchev–Trinajstić information content (AvgIpc) is 3.26. The Balaban J connectivity index is 1.86. The molecule has 0 aromatic heterocycles. The van der Waals surface area contributed by atoms with Crippen molar-refractivity contribution in [3.8, 4) is 0 Å². The van der Waals surface area contributed by atoms with Crippen LogP contribution in [-0.2, 0) is 4.74 Å². The smallest absolute Gasteiger partial charge is 0.146 e. The molecule has 1 aliphatic carbocycles. The fourth-order valence-electron chi connectivity index (χ4n) is 2.13. The average molecular weight is 280 g/mol. The summed E-state index contributed by atoms with van der Waals surface area (Å²) in [5.74, 6) is 0.605. The molecule has 1 saturated carbocycles. The molecule has 0 saturated heterocycles. The zero-order valence-corrected chi connectivity index (χ0v) is 12.7. The van der Waals surface area contributed by atoms with E-state index in [2.05, 4.69) is 5.32 Å². The van der Waals surface area contributed by atoms with E-state index in [0.717, 1.165) is 18.1 Å². The Kier molecular flexibility index (Phi) is 5.38. The molecule has 0 amide bonds. The molecule has 0 spiro atoms. The van der Waals surface area contributed by atoms with Gasteiger partial charge in [0, 0.05) is 26.2 Å². The summed E-state index contributed by atoms with van der Waals surface area (Å²) >= 11 is 0. The van der Waals surface area contributed by atoms with Crippen LogP contribution in [0.15, 0.2) is 18.2 Å². The number of rotatable bonds is 8. The second kappa shape index (κ2) is 7.04. The number of hydrogen-bond donors (Lipinski definition) is 1. The second-order valence-electron chi connectivity index (χ2n) is 5.66. The van der Waals surface area contributed by atoms with Crippen LogP contribution in [0.25, 0.3) is 0 Å². The number of halogens is 1. The molecular formula is C16H25FN2O. The molecule has 0 aliphatic heterocycles. The van der Waals surface area contributed by atoms with Crippen LogP contribution in [0.2, 0.25) is 0 Å². The fraction of sp³-hybridized carbons (Fsp3) is 0.625. The van der Waals surface area contributed by atoms with Gasteiger partial charge in [-0.3, -0.25) is 0 Å². The van der Waals surface area contributed by atoms with Gasteiger partial charge in [-0.2, -0.15) is 0 Å². The van der Waals surface area contributed by atoms with Crippen molar-refractivity contribution < 1.29 is 9.13 Å². The van der Waals surface area contributed by atoms with Crippen molar-refractivity contribution in [1.29, 1.82) is 0 Å². The van der Waals surface area contributed by atoms with Crippen LogP contribution in [0.1, 0.15) is 31.4 Å². The quantitative estimate of drug-likeness (QED) is 0.741. The van der Waals surface area contributed by atoms with Gasteiger partial charge in [0.2, 0.25) is 0 Å². The molecule has 3 nitrogen and oxygen atoms in total. The Labute approximate surface area is 121 Å². The van der Waals surface area contributed by atoms with E-state index in [0.29, 0.717) is 18.8 Å². The molecule has 1 unspecified atom stereocenters. The van der Waals surface area contributed by atoms with Gasteiger partial charge in [-0.25, -0.2) is 4.39 Å². The maximum absolute atomic E-state index is 14.1. The third-order valence-electron chi connectivity index (χ3n) is 3.94. The molecule has 1 atom stereocenters. The molecule has 1 N–H and O–H groups in total. The molecule has 112 valence electrons. The maximum atomic E-state index is 14.1. The lowest BCUT2D eigenvalue weighted by molar-refractivity contribution is 0.131. The van der Waals surface area contributed by atoms with Crippen molar-refractivity contribution in [2.75, 3.05) is 38.8 Å². The lowest BCUT2D eigenvalue weighted by Crippen LogP contribution is -2.24. The number of benzene rings is 1. The maximum Gasteiger partial charge on any atom is 0.146 e. The van der Waals surface area contributed by atoms with E-state index in [9.17, 15) is 4.39 Å². The molecule has 2 rings (SSSR count). The first-order chi connectivity index (χ1) is 9.61. The molecule has 1 fully saturated rings. The predicted molar refractivity (Wildman–Crippen MR) is 80.7 cm³/mol. The number of likely N-dealkylation sites (N-methyl/N-ethyl adjacent to an activating group) is 1. The highest BCUT2D eigenvalue weighted by Crippen LogP contribution is 2.28. The second-order valence-corrected chi connectivity index (χ2v) is 5.66. The van der Waals surface area contributed by atoms with Crippen LogP contribution in [0.4, 0.5) is 10.1 Å². The summed E-state index contributed by atoms with van der Waals surface area (Å²) in [4.78, 5) is 1.91. The number of nitrogens with one attached hydrogen (secondary N) is 1. The summed E-state index contributed by atoms with van der Waals surface area (Å²) in [7, 11) is 3.78. The van der Waals surface area contributed by atoms with E-state index < -0.39 is 0 Å². The monoisotopic (exact) mass is 280 g/mol. The zero-order valence-electron chi connectivity index (χ0n) is 12.7. The predicted octanol–water partition coefficient (Wildman–Crippen LogP) is 2.97. The van der Waals surface area contributed by atoms with E-state index in [1.54, 1.807) is 6.07 Å². The zero-order chi connectivity index (χ0) is 14.5. The summed E-state index contributed by atoms with van der Waals surface area (Å²) in [5, 5.41) is 3.12. The molecular weight excluding hydrogens is 255 g/mol. The molecule has 0 bridgehead atoms. The molecule has 1 aliphatic rings. The first-order valence-corrected chi connectivity index (χ1v) is 7.37. The van der Waals surface area contributed by atoms with Gasteiger partial charge in [-0.15, -0.1) is 0 Å². The summed E-state index contributed by atoms with van der Waals surface area (Å²) in [6.45, 7) is 4.24. The first kappa shape index (κ1) is 15.3. The van der Waals surface area contributed by atoms with E-state index in [4.69, 9.17) is 4.74 Å². The molecule has 1 aromatic rings. The minimum absolute atomic E-state index is 0.158. The van der Waals surface area contributed by atoms with Gasteiger partial charge in [-0.1, -0.05) is 6.07 Å². The SMILES string of the molecule is CNC(C)c1ccc(N(C)CCOCC2CC2)c(F)c1. The first-order valence-electron chi connectivity index (χ1n) is 7.37. The minimum atomic E-state index is -0.172. The Hall–Kier alpha value is -1.13. The minimum Gasteiger partial charge on any atom is -0.379 e. The molecule has 0 heterocycles. The summed E-state index contributed by atoms with van der Waals surface area (Å²) in [5.41, 5.74) is 1.60. The van der Waals surface area contributed by atoms with Crippen molar-refractivity contribution in [3.63, 3.8) is 0 Å². The van der Waals surface area contributed by atoms with Gasteiger partial charge in [0.15, 0.2) is 0 Å². The van der Waals surface area contributed by atoms with Crippen molar-refractivity contribution >= 4 is 5.69 Å². The van der Waals surface area contributed by atoms with E-state index >= 15 is 0 Å². The van der Waals surface area contributed by atoms with Gasteiger partial charge >= 0.3 is 0 Å². The number of hydrogen-bond acceptors (Lipinski definition) is 3. The van der Waals surface area contributed by atoms with Crippen LogP contribution >= 0.6 is 0 Å². The normalized spacial score (nSPS) is 16.2. The van der Waals surface area contributed by atoms with Crippen LogP contribution in [-0.4, -0.2) is 33.9 Å². The van der Waals surface area contributed by atoms with Crippen molar-refractivity contribution in [3.05, 3.63) is 29.6 Å². The molecule has 20 heavy (non-hydrogen) atoms. The molecule has 1 aromatic carbocycles. The number of nitrogens with zero attached hydrogens (tertiary/aromatic N) is 1. The van der Waals surface area contributed by atoms with Crippen LogP contribution in [0, 0.1) is 11.7 Å². The highest BCUT2D eigenvalue weighted by Gasteiger charge is 2.21. The van der Waals surface area contributed by atoms with Gasteiger partial charge in [0.05, 0.1) is 12.3 Å².